The van der Waals surface area contributed by atoms with Crippen LogP contribution in [-0.2, 0) is 9.59 Å². The molecule has 0 aromatic heterocycles. The number of nitrogens with zero attached hydrogens (tertiary/aromatic N) is 2. The third kappa shape index (κ3) is 2.92. The van der Waals surface area contributed by atoms with Gasteiger partial charge in [0.2, 0.25) is 11.8 Å². The second kappa shape index (κ2) is 5.96. The van der Waals surface area contributed by atoms with Crippen LogP contribution in [0.25, 0.3) is 0 Å². The molecule has 3 amide bonds. The number of fused-ring (bicyclic) bond motifs is 1. The predicted molar refractivity (Wildman–Crippen MR) is 86.4 cm³/mol. The fourth-order valence-corrected chi connectivity index (χ4v) is 3.02. The third-order valence-electron chi connectivity index (χ3n) is 3.38. The van der Waals surface area contributed by atoms with E-state index in [4.69, 9.17) is 0 Å². The van der Waals surface area contributed by atoms with Crippen molar-refractivity contribution in [1.29, 1.82) is 0 Å². The first-order valence-electron chi connectivity index (χ1n) is 6.63. The van der Waals surface area contributed by atoms with E-state index in [0.717, 1.165) is 0 Å². The van der Waals surface area contributed by atoms with E-state index >= 15 is 0 Å². The van der Waals surface area contributed by atoms with Crippen molar-refractivity contribution in [2.45, 2.75) is 26.8 Å². The summed E-state index contributed by atoms with van der Waals surface area (Å²) in [5.74, 6) is -0.441. The van der Waals surface area contributed by atoms with Crippen molar-refractivity contribution < 1.29 is 19.5 Å². The lowest BCUT2D eigenvalue weighted by Crippen LogP contribution is -2.51. The number of carbonyl (C=O) groups is 3. The van der Waals surface area contributed by atoms with E-state index in [1.54, 1.807) is 19.1 Å². The zero-order valence-electron chi connectivity index (χ0n) is 12.4. The van der Waals surface area contributed by atoms with Crippen LogP contribution in [0.15, 0.2) is 16.6 Å². The Bertz CT molecular complexity index is 662. The average Bonchev–Trinajstić information content (AvgIpc) is 2.38. The normalized spacial score (nSPS) is 17.0. The van der Waals surface area contributed by atoms with E-state index in [0.29, 0.717) is 21.5 Å². The lowest BCUT2D eigenvalue weighted by atomic mass is 10.1. The molecule has 0 saturated heterocycles. The maximum Gasteiger partial charge on any atom is 0.411 e. The molecule has 1 aromatic carbocycles. The van der Waals surface area contributed by atoms with E-state index in [1.165, 1.54) is 23.6 Å². The highest BCUT2D eigenvalue weighted by Crippen LogP contribution is 2.41. The van der Waals surface area contributed by atoms with Crippen LogP contribution in [0.1, 0.15) is 20.8 Å². The summed E-state index contributed by atoms with van der Waals surface area (Å²) in [6.07, 6.45) is -1.09. The van der Waals surface area contributed by atoms with Gasteiger partial charge in [-0.15, -0.1) is 0 Å². The number of carbonyl (C=O) groups excluding carboxylic acids is 2. The largest absolute Gasteiger partial charge is 0.465 e. The fourth-order valence-electron chi connectivity index (χ4n) is 2.59. The van der Waals surface area contributed by atoms with Gasteiger partial charge in [-0.3, -0.25) is 14.5 Å². The van der Waals surface area contributed by atoms with Crippen LogP contribution >= 0.6 is 15.9 Å². The highest BCUT2D eigenvalue weighted by atomic mass is 79.9. The van der Waals surface area contributed by atoms with Crippen LogP contribution in [0.2, 0.25) is 0 Å². The van der Waals surface area contributed by atoms with Crippen LogP contribution in [0, 0.1) is 0 Å². The Morgan fingerprint density at radius 1 is 1.27 bits per heavy atom. The first-order chi connectivity index (χ1) is 10.2. The SMILES string of the molecule is CC(=O)Nc1cc2c(cc1Br)N(C(=O)O)C[C@H](C)N2C(C)=O. The first kappa shape index (κ1) is 16.3. The highest BCUT2D eigenvalue weighted by Gasteiger charge is 2.34. The maximum atomic E-state index is 11.9. The minimum atomic E-state index is -1.09. The summed E-state index contributed by atoms with van der Waals surface area (Å²) in [6.45, 7) is 4.77. The van der Waals surface area contributed by atoms with Crippen LogP contribution in [-0.4, -0.2) is 35.6 Å². The molecule has 1 aliphatic heterocycles. The molecule has 0 radical (unpaired) electrons. The number of benzene rings is 1. The monoisotopic (exact) mass is 369 g/mol. The van der Waals surface area contributed by atoms with Gasteiger partial charge in [0.25, 0.3) is 0 Å². The molecule has 0 aliphatic carbocycles. The Labute approximate surface area is 136 Å². The van der Waals surface area contributed by atoms with Crippen molar-refractivity contribution in [2.75, 3.05) is 21.7 Å². The predicted octanol–water partition coefficient (Wildman–Crippen LogP) is 2.65. The van der Waals surface area contributed by atoms with Gasteiger partial charge in [-0.2, -0.15) is 0 Å². The molecule has 0 bridgehead atoms. The zero-order valence-corrected chi connectivity index (χ0v) is 14.0. The van der Waals surface area contributed by atoms with Gasteiger partial charge in [0.05, 0.1) is 23.1 Å². The Morgan fingerprint density at radius 2 is 1.91 bits per heavy atom. The molecule has 2 rings (SSSR count). The quantitative estimate of drug-likeness (QED) is 0.795. The smallest absolute Gasteiger partial charge is 0.411 e. The number of anilines is 3. The highest BCUT2D eigenvalue weighted by molar-refractivity contribution is 9.10. The molecule has 8 heteroatoms. The first-order valence-corrected chi connectivity index (χ1v) is 7.43. The molecule has 1 atom stereocenters. The van der Waals surface area contributed by atoms with Gasteiger partial charge < -0.3 is 15.3 Å². The molecule has 22 heavy (non-hydrogen) atoms. The molecule has 1 heterocycles. The summed E-state index contributed by atoms with van der Waals surface area (Å²) >= 11 is 3.31. The Balaban J connectivity index is 2.64. The van der Waals surface area contributed by atoms with Crippen LogP contribution in [0.3, 0.4) is 0 Å². The molecule has 0 unspecified atom stereocenters. The van der Waals surface area contributed by atoms with Crippen molar-refractivity contribution in [1.82, 2.24) is 0 Å². The summed E-state index contributed by atoms with van der Waals surface area (Å²) in [7, 11) is 0. The fraction of sp³-hybridized carbons (Fsp3) is 0.357. The third-order valence-corrected chi connectivity index (χ3v) is 4.04. The maximum absolute atomic E-state index is 11.9. The number of amides is 3. The van der Waals surface area contributed by atoms with Crippen molar-refractivity contribution in [3.8, 4) is 0 Å². The summed E-state index contributed by atoms with van der Waals surface area (Å²) in [5.41, 5.74) is 1.35. The zero-order chi connectivity index (χ0) is 16.6. The number of rotatable bonds is 1. The van der Waals surface area contributed by atoms with Crippen LogP contribution in [0.5, 0.6) is 0 Å². The summed E-state index contributed by atoms with van der Waals surface area (Å²) in [4.78, 5) is 37.4. The average molecular weight is 370 g/mol. The Kier molecular flexibility index (Phi) is 4.41. The number of hydrogen-bond donors (Lipinski definition) is 2. The summed E-state index contributed by atoms with van der Waals surface area (Å²) in [6, 6.07) is 2.90. The van der Waals surface area contributed by atoms with Crippen molar-refractivity contribution in [2.24, 2.45) is 0 Å². The molecule has 1 aromatic rings. The van der Waals surface area contributed by atoms with E-state index in [2.05, 4.69) is 21.2 Å². The summed E-state index contributed by atoms with van der Waals surface area (Å²) in [5, 5.41) is 12.0. The minimum absolute atomic E-state index is 0.185. The van der Waals surface area contributed by atoms with Gasteiger partial charge in [0.1, 0.15) is 0 Å². The molecule has 1 aliphatic rings. The molecular formula is C14H16BrN3O4. The number of halogens is 1. The van der Waals surface area contributed by atoms with E-state index in [-0.39, 0.29) is 24.4 Å². The van der Waals surface area contributed by atoms with Crippen LogP contribution in [0.4, 0.5) is 21.9 Å². The molecule has 0 fully saturated rings. The Hall–Kier alpha value is -2.09. The van der Waals surface area contributed by atoms with Gasteiger partial charge >= 0.3 is 6.09 Å². The van der Waals surface area contributed by atoms with Gasteiger partial charge in [-0.1, -0.05) is 0 Å². The molecule has 0 spiro atoms. The molecule has 118 valence electrons. The van der Waals surface area contributed by atoms with Gasteiger partial charge in [-0.05, 0) is 35.0 Å². The van der Waals surface area contributed by atoms with Gasteiger partial charge in [0, 0.05) is 24.9 Å². The molecule has 0 saturated carbocycles. The number of hydrogen-bond acceptors (Lipinski definition) is 3. The molecule has 2 N–H and O–H groups in total. The van der Waals surface area contributed by atoms with Gasteiger partial charge in [-0.25, -0.2) is 4.79 Å². The van der Waals surface area contributed by atoms with Crippen molar-refractivity contribution in [3.05, 3.63) is 16.6 Å². The molecular weight excluding hydrogens is 354 g/mol. The topological polar surface area (TPSA) is 89.9 Å². The molecule has 7 nitrogen and oxygen atoms in total. The van der Waals surface area contributed by atoms with Crippen molar-refractivity contribution in [3.63, 3.8) is 0 Å². The number of carboxylic acid groups (broad SMARTS) is 1. The van der Waals surface area contributed by atoms with Crippen molar-refractivity contribution >= 4 is 50.9 Å². The number of nitrogens with one attached hydrogen (secondary N) is 1. The standard InChI is InChI=1S/C14H16BrN3O4/c1-7-6-17(14(21)22)12-4-10(15)11(16-8(2)19)5-13(12)18(7)9(3)20/h4-5,7H,6H2,1-3H3,(H,16,19)(H,21,22)/t7-/m0/s1. The lowest BCUT2D eigenvalue weighted by Gasteiger charge is -2.40. The second-order valence-electron chi connectivity index (χ2n) is 5.13. The van der Waals surface area contributed by atoms with Gasteiger partial charge in [0.15, 0.2) is 0 Å². The van der Waals surface area contributed by atoms with E-state index in [9.17, 15) is 19.5 Å². The van der Waals surface area contributed by atoms with E-state index in [1.807, 2.05) is 0 Å². The minimum Gasteiger partial charge on any atom is -0.465 e. The van der Waals surface area contributed by atoms with E-state index < -0.39 is 6.09 Å². The summed E-state index contributed by atoms with van der Waals surface area (Å²) < 4.78 is 0.547. The van der Waals surface area contributed by atoms with Crippen LogP contribution < -0.4 is 15.1 Å². The lowest BCUT2D eigenvalue weighted by molar-refractivity contribution is -0.117. The second-order valence-corrected chi connectivity index (χ2v) is 5.99. The Morgan fingerprint density at radius 3 is 2.41 bits per heavy atom.